The molecule has 0 atom stereocenters. The molecular formula is C11H26N2. The van der Waals surface area contributed by atoms with Crippen LogP contribution in [-0.2, 0) is 0 Å². The van der Waals surface area contributed by atoms with E-state index in [2.05, 4.69) is 31.1 Å². The van der Waals surface area contributed by atoms with Gasteiger partial charge in [0.2, 0.25) is 0 Å². The zero-order valence-corrected chi connectivity index (χ0v) is 9.98. The highest BCUT2D eigenvalue weighted by atomic mass is 15.2. The average molecular weight is 186 g/mol. The lowest BCUT2D eigenvalue weighted by atomic mass is 9.79. The molecule has 0 aliphatic carbocycles. The smallest absolute Gasteiger partial charge is 0.00452 e. The molecule has 0 aromatic rings. The van der Waals surface area contributed by atoms with Crippen LogP contribution < -0.4 is 5.32 Å². The van der Waals surface area contributed by atoms with Crippen LogP contribution in [0.1, 0.15) is 34.1 Å². The van der Waals surface area contributed by atoms with Gasteiger partial charge in [0.1, 0.15) is 0 Å². The minimum atomic E-state index is 0.608. The fourth-order valence-corrected chi connectivity index (χ4v) is 1.98. The lowest BCUT2D eigenvalue weighted by molar-refractivity contribution is 0.0322. The fourth-order valence-electron chi connectivity index (χ4n) is 1.98. The van der Waals surface area contributed by atoms with E-state index in [9.17, 15) is 0 Å². The summed E-state index contributed by atoms with van der Waals surface area (Å²) in [5.41, 5.74) is 0.608. The summed E-state index contributed by atoms with van der Waals surface area (Å²) < 4.78 is 0. The Labute approximate surface area is 83.7 Å². The first-order valence-corrected chi connectivity index (χ1v) is 5.55. The number of rotatable bonds is 4. The molecule has 1 saturated heterocycles. The molecule has 80 valence electrons. The van der Waals surface area contributed by atoms with Gasteiger partial charge in [0.15, 0.2) is 0 Å². The maximum Gasteiger partial charge on any atom is 0.00452 e. The van der Waals surface area contributed by atoms with Gasteiger partial charge >= 0.3 is 0 Å². The highest BCUT2D eigenvalue weighted by Gasteiger charge is 2.35. The molecule has 0 aromatic heterocycles. The van der Waals surface area contributed by atoms with Crippen LogP contribution in [0.4, 0.5) is 0 Å². The minimum Gasteiger partial charge on any atom is -0.317 e. The Balaban J connectivity index is 0.000000671. The first kappa shape index (κ1) is 12.9. The van der Waals surface area contributed by atoms with Gasteiger partial charge < -0.3 is 10.2 Å². The van der Waals surface area contributed by atoms with Crippen molar-refractivity contribution in [3.8, 4) is 0 Å². The molecule has 1 N–H and O–H groups in total. The molecule has 1 aliphatic heterocycles. The first-order valence-electron chi connectivity index (χ1n) is 5.55. The van der Waals surface area contributed by atoms with E-state index in [4.69, 9.17) is 0 Å². The zero-order valence-electron chi connectivity index (χ0n) is 9.98. The number of hydrogen-bond acceptors (Lipinski definition) is 2. The van der Waals surface area contributed by atoms with Crippen LogP contribution in [0.5, 0.6) is 0 Å². The van der Waals surface area contributed by atoms with Crippen LogP contribution >= 0.6 is 0 Å². The third-order valence-corrected chi connectivity index (χ3v) is 2.46. The van der Waals surface area contributed by atoms with Crippen molar-refractivity contribution in [3.63, 3.8) is 0 Å². The van der Waals surface area contributed by atoms with Gasteiger partial charge in [-0.15, -0.1) is 0 Å². The SMILES string of the molecule is CC.CCNCCC1(C)CN(C)C1. The Hall–Kier alpha value is -0.0800. The molecule has 1 heterocycles. The molecular weight excluding hydrogens is 160 g/mol. The zero-order chi connectivity index (χ0) is 10.3. The Kier molecular flexibility index (Phi) is 6.35. The van der Waals surface area contributed by atoms with Gasteiger partial charge in [0, 0.05) is 13.1 Å². The molecule has 0 bridgehead atoms. The molecule has 0 unspecified atom stereocenters. The van der Waals surface area contributed by atoms with E-state index in [1.54, 1.807) is 0 Å². The highest BCUT2D eigenvalue weighted by molar-refractivity contribution is 4.89. The van der Waals surface area contributed by atoms with E-state index in [0.29, 0.717) is 5.41 Å². The third kappa shape index (κ3) is 4.63. The number of nitrogens with zero attached hydrogens (tertiary/aromatic N) is 1. The molecule has 2 nitrogen and oxygen atoms in total. The van der Waals surface area contributed by atoms with Crippen molar-refractivity contribution in [2.75, 3.05) is 33.2 Å². The summed E-state index contributed by atoms with van der Waals surface area (Å²) in [5.74, 6) is 0. The summed E-state index contributed by atoms with van der Waals surface area (Å²) in [7, 11) is 2.19. The van der Waals surface area contributed by atoms with Crippen molar-refractivity contribution in [3.05, 3.63) is 0 Å². The lowest BCUT2D eigenvalue weighted by Crippen LogP contribution is -2.53. The predicted octanol–water partition coefficient (Wildman–Crippen LogP) is 1.96. The molecule has 1 rings (SSSR count). The van der Waals surface area contributed by atoms with Gasteiger partial charge in [0.25, 0.3) is 0 Å². The molecule has 0 spiro atoms. The number of nitrogens with one attached hydrogen (secondary N) is 1. The lowest BCUT2D eigenvalue weighted by Gasteiger charge is -2.46. The number of likely N-dealkylation sites (tertiary alicyclic amines) is 1. The first-order chi connectivity index (χ1) is 6.16. The Morgan fingerprint density at radius 3 is 2.23 bits per heavy atom. The molecule has 2 heteroatoms. The summed E-state index contributed by atoms with van der Waals surface area (Å²) in [5, 5.41) is 3.37. The summed E-state index contributed by atoms with van der Waals surface area (Å²) in [6, 6.07) is 0. The second kappa shape index (κ2) is 6.39. The quantitative estimate of drug-likeness (QED) is 0.675. The second-order valence-corrected chi connectivity index (χ2v) is 4.09. The van der Waals surface area contributed by atoms with Crippen molar-refractivity contribution in [2.24, 2.45) is 5.41 Å². The van der Waals surface area contributed by atoms with Gasteiger partial charge in [-0.1, -0.05) is 27.7 Å². The van der Waals surface area contributed by atoms with Crippen LogP contribution in [0.2, 0.25) is 0 Å². The minimum absolute atomic E-state index is 0.608. The molecule has 1 aliphatic rings. The Morgan fingerprint density at radius 1 is 1.31 bits per heavy atom. The molecule has 1 fully saturated rings. The van der Waals surface area contributed by atoms with Crippen LogP contribution in [0.15, 0.2) is 0 Å². The largest absolute Gasteiger partial charge is 0.317 e. The van der Waals surface area contributed by atoms with Crippen molar-refractivity contribution >= 4 is 0 Å². The average Bonchev–Trinajstić information content (AvgIpc) is 2.06. The van der Waals surface area contributed by atoms with Gasteiger partial charge in [-0.3, -0.25) is 0 Å². The van der Waals surface area contributed by atoms with Crippen molar-refractivity contribution in [1.82, 2.24) is 10.2 Å². The van der Waals surface area contributed by atoms with Gasteiger partial charge in [-0.2, -0.15) is 0 Å². The predicted molar refractivity (Wildman–Crippen MR) is 60.1 cm³/mol. The maximum atomic E-state index is 3.37. The molecule has 0 aromatic carbocycles. The highest BCUT2D eigenvalue weighted by Crippen LogP contribution is 2.31. The summed E-state index contributed by atoms with van der Waals surface area (Å²) >= 11 is 0. The number of hydrogen-bond donors (Lipinski definition) is 1. The van der Waals surface area contributed by atoms with Crippen LogP contribution in [-0.4, -0.2) is 38.1 Å². The second-order valence-electron chi connectivity index (χ2n) is 4.09. The van der Waals surface area contributed by atoms with E-state index in [-0.39, 0.29) is 0 Å². The van der Waals surface area contributed by atoms with Gasteiger partial charge in [-0.25, -0.2) is 0 Å². The topological polar surface area (TPSA) is 15.3 Å². The van der Waals surface area contributed by atoms with Crippen LogP contribution in [0.25, 0.3) is 0 Å². The van der Waals surface area contributed by atoms with Crippen molar-refractivity contribution in [1.29, 1.82) is 0 Å². The standard InChI is InChI=1S/C9H20N2.C2H6/c1-4-10-6-5-9(2)7-11(3)8-9;1-2/h10H,4-8H2,1-3H3;1-2H3. The molecule has 0 saturated carbocycles. The molecule has 13 heavy (non-hydrogen) atoms. The molecule has 0 radical (unpaired) electrons. The summed E-state index contributed by atoms with van der Waals surface area (Å²) in [6.07, 6.45) is 1.32. The van der Waals surface area contributed by atoms with Crippen molar-refractivity contribution in [2.45, 2.75) is 34.1 Å². The van der Waals surface area contributed by atoms with Gasteiger partial charge in [-0.05, 0) is 32.0 Å². The fraction of sp³-hybridized carbons (Fsp3) is 1.00. The normalized spacial score (nSPS) is 20.1. The van der Waals surface area contributed by atoms with Crippen LogP contribution in [0, 0.1) is 5.41 Å². The van der Waals surface area contributed by atoms with E-state index < -0.39 is 0 Å². The van der Waals surface area contributed by atoms with E-state index in [1.807, 2.05) is 13.8 Å². The monoisotopic (exact) mass is 186 g/mol. The van der Waals surface area contributed by atoms with E-state index in [1.165, 1.54) is 26.1 Å². The van der Waals surface area contributed by atoms with Crippen LogP contribution in [0.3, 0.4) is 0 Å². The Bertz CT molecular complexity index is 117. The molecule has 0 amide bonds. The van der Waals surface area contributed by atoms with E-state index in [0.717, 1.165) is 6.54 Å². The Morgan fingerprint density at radius 2 is 1.85 bits per heavy atom. The summed E-state index contributed by atoms with van der Waals surface area (Å²) in [4.78, 5) is 2.38. The van der Waals surface area contributed by atoms with E-state index >= 15 is 0 Å². The third-order valence-electron chi connectivity index (χ3n) is 2.46. The van der Waals surface area contributed by atoms with Gasteiger partial charge in [0.05, 0.1) is 0 Å². The summed E-state index contributed by atoms with van der Waals surface area (Å²) in [6.45, 7) is 13.4. The maximum absolute atomic E-state index is 3.37. The van der Waals surface area contributed by atoms with Crippen molar-refractivity contribution < 1.29 is 0 Å².